The van der Waals surface area contributed by atoms with Crippen LogP contribution < -0.4 is 4.74 Å². The summed E-state index contributed by atoms with van der Waals surface area (Å²) >= 11 is 0. The molecule has 29 heavy (non-hydrogen) atoms. The van der Waals surface area contributed by atoms with Crippen LogP contribution in [0.3, 0.4) is 0 Å². The summed E-state index contributed by atoms with van der Waals surface area (Å²) in [5.74, 6) is 1.47. The zero-order valence-electron chi connectivity index (χ0n) is 15.2. The third-order valence-electron chi connectivity index (χ3n) is 4.18. The predicted octanol–water partition coefficient (Wildman–Crippen LogP) is 4.09. The maximum absolute atomic E-state index is 10.7. The minimum atomic E-state index is -0.444. The Morgan fingerprint density at radius 1 is 0.724 bits per heavy atom. The van der Waals surface area contributed by atoms with Gasteiger partial charge < -0.3 is 4.74 Å². The normalized spacial score (nSPS) is 10.5. The molecule has 4 rings (SSSR count). The maximum Gasteiger partial charge on any atom is 0.269 e. The molecular weight excluding hydrogens is 370 g/mol. The number of hydrogen-bond donors (Lipinski definition) is 0. The Morgan fingerprint density at radius 2 is 1.28 bits per heavy atom. The first-order valence-electron chi connectivity index (χ1n) is 8.78. The van der Waals surface area contributed by atoms with Crippen molar-refractivity contribution in [3.05, 3.63) is 94.5 Å². The van der Waals surface area contributed by atoms with Crippen molar-refractivity contribution in [1.29, 1.82) is 0 Å². The lowest BCUT2D eigenvalue weighted by Gasteiger charge is -2.07. The molecule has 0 aliphatic rings. The van der Waals surface area contributed by atoms with Crippen LogP contribution in [0.4, 0.5) is 5.69 Å². The van der Waals surface area contributed by atoms with Crippen molar-refractivity contribution in [2.45, 2.75) is 6.61 Å². The average molecular weight is 385 g/mol. The molecule has 0 fully saturated rings. The van der Waals surface area contributed by atoms with Crippen LogP contribution in [0, 0.1) is 10.1 Å². The SMILES string of the molecule is O=[N+]([O-])c1ccc(OCc2ccc(-c3nnc(-c4ccccc4)nn3)cc2)cc1. The van der Waals surface area contributed by atoms with Crippen molar-refractivity contribution < 1.29 is 9.66 Å². The highest BCUT2D eigenvalue weighted by atomic mass is 16.6. The topological polar surface area (TPSA) is 104 Å². The third-order valence-corrected chi connectivity index (χ3v) is 4.18. The van der Waals surface area contributed by atoms with Gasteiger partial charge in [-0.15, -0.1) is 20.4 Å². The average Bonchev–Trinajstić information content (AvgIpc) is 2.79. The van der Waals surface area contributed by atoms with E-state index in [2.05, 4.69) is 20.4 Å². The van der Waals surface area contributed by atoms with Crippen LogP contribution in [0.25, 0.3) is 22.8 Å². The summed E-state index contributed by atoms with van der Waals surface area (Å²) in [6, 6.07) is 23.0. The number of aromatic nitrogens is 4. The molecule has 4 aromatic rings. The summed E-state index contributed by atoms with van der Waals surface area (Å²) in [6.07, 6.45) is 0. The lowest BCUT2D eigenvalue weighted by Crippen LogP contribution is -2.00. The Bertz CT molecular complexity index is 1100. The zero-order chi connectivity index (χ0) is 20.1. The number of rotatable bonds is 6. The second-order valence-electron chi connectivity index (χ2n) is 6.15. The van der Waals surface area contributed by atoms with Crippen LogP contribution in [0.15, 0.2) is 78.9 Å². The van der Waals surface area contributed by atoms with Gasteiger partial charge in [-0.05, 0) is 17.7 Å². The van der Waals surface area contributed by atoms with E-state index in [4.69, 9.17) is 4.74 Å². The van der Waals surface area contributed by atoms with Gasteiger partial charge in [-0.25, -0.2) is 0 Å². The number of hydrogen-bond acceptors (Lipinski definition) is 7. The van der Waals surface area contributed by atoms with E-state index in [9.17, 15) is 10.1 Å². The molecule has 0 spiro atoms. The standard InChI is InChI=1S/C21H15N5O3/c27-26(28)18-10-12-19(13-11-18)29-14-15-6-8-17(9-7-15)21-24-22-20(23-25-21)16-4-2-1-3-5-16/h1-13H,14H2. The Kier molecular flexibility index (Phi) is 5.15. The Balaban J connectivity index is 1.40. The van der Waals surface area contributed by atoms with Crippen molar-refractivity contribution in [2.75, 3.05) is 0 Å². The van der Waals surface area contributed by atoms with Crippen LogP contribution >= 0.6 is 0 Å². The number of benzene rings is 3. The fourth-order valence-electron chi connectivity index (χ4n) is 2.63. The fraction of sp³-hybridized carbons (Fsp3) is 0.0476. The van der Waals surface area contributed by atoms with E-state index in [-0.39, 0.29) is 5.69 Å². The van der Waals surface area contributed by atoms with Crippen LogP contribution in [-0.2, 0) is 6.61 Å². The minimum absolute atomic E-state index is 0.0298. The van der Waals surface area contributed by atoms with Crippen molar-refractivity contribution in [1.82, 2.24) is 20.4 Å². The first-order valence-corrected chi connectivity index (χ1v) is 8.78. The maximum atomic E-state index is 10.7. The molecule has 3 aromatic carbocycles. The van der Waals surface area contributed by atoms with Crippen molar-refractivity contribution >= 4 is 5.69 Å². The molecule has 0 bridgehead atoms. The van der Waals surface area contributed by atoms with E-state index < -0.39 is 4.92 Å². The molecule has 0 radical (unpaired) electrons. The van der Waals surface area contributed by atoms with E-state index in [0.717, 1.165) is 16.7 Å². The van der Waals surface area contributed by atoms with Gasteiger partial charge in [-0.3, -0.25) is 10.1 Å². The van der Waals surface area contributed by atoms with E-state index in [1.54, 1.807) is 12.1 Å². The van der Waals surface area contributed by atoms with E-state index in [1.165, 1.54) is 12.1 Å². The molecule has 1 heterocycles. The van der Waals surface area contributed by atoms with Gasteiger partial charge in [0, 0.05) is 23.3 Å². The number of nitrogens with zero attached hydrogens (tertiary/aromatic N) is 5. The smallest absolute Gasteiger partial charge is 0.269 e. The van der Waals surface area contributed by atoms with Gasteiger partial charge >= 0.3 is 0 Å². The number of nitro groups is 1. The van der Waals surface area contributed by atoms with Crippen molar-refractivity contribution in [3.8, 4) is 28.5 Å². The fourth-order valence-corrected chi connectivity index (χ4v) is 2.63. The van der Waals surface area contributed by atoms with E-state index >= 15 is 0 Å². The summed E-state index contributed by atoms with van der Waals surface area (Å²) in [5.41, 5.74) is 2.62. The lowest BCUT2D eigenvalue weighted by atomic mass is 10.1. The van der Waals surface area contributed by atoms with Crippen LogP contribution in [-0.4, -0.2) is 25.3 Å². The van der Waals surface area contributed by atoms with E-state index in [1.807, 2.05) is 54.6 Å². The summed E-state index contributed by atoms with van der Waals surface area (Å²) in [4.78, 5) is 10.2. The van der Waals surface area contributed by atoms with Crippen molar-refractivity contribution in [2.24, 2.45) is 0 Å². The molecule has 1 aromatic heterocycles. The minimum Gasteiger partial charge on any atom is -0.489 e. The van der Waals surface area contributed by atoms with Gasteiger partial charge in [-0.1, -0.05) is 54.6 Å². The van der Waals surface area contributed by atoms with Gasteiger partial charge in [0.2, 0.25) is 11.6 Å². The third kappa shape index (κ3) is 4.38. The Hall–Kier alpha value is -4.20. The summed E-state index contributed by atoms with van der Waals surface area (Å²) in [5, 5.41) is 27.3. The monoisotopic (exact) mass is 385 g/mol. The first kappa shape index (κ1) is 18.2. The van der Waals surface area contributed by atoms with Gasteiger partial charge in [0.05, 0.1) is 4.92 Å². The van der Waals surface area contributed by atoms with Gasteiger partial charge in [0.25, 0.3) is 5.69 Å². The quantitative estimate of drug-likeness (QED) is 0.364. The molecule has 0 amide bonds. The zero-order valence-corrected chi connectivity index (χ0v) is 15.2. The van der Waals surface area contributed by atoms with Gasteiger partial charge in [0.1, 0.15) is 12.4 Å². The molecule has 0 atom stereocenters. The van der Waals surface area contributed by atoms with Crippen LogP contribution in [0.2, 0.25) is 0 Å². The van der Waals surface area contributed by atoms with Crippen LogP contribution in [0.5, 0.6) is 5.75 Å². The molecule has 0 unspecified atom stereocenters. The highest BCUT2D eigenvalue weighted by molar-refractivity contribution is 5.56. The largest absolute Gasteiger partial charge is 0.489 e. The molecule has 0 saturated heterocycles. The second-order valence-corrected chi connectivity index (χ2v) is 6.15. The molecule has 142 valence electrons. The summed E-state index contributed by atoms with van der Waals surface area (Å²) in [7, 11) is 0. The molecule has 0 N–H and O–H groups in total. The summed E-state index contributed by atoms with van der Waals surface area (Å²) in [6.45, 7) is 0.336. The van der Waals surface area contributed by atoms with Gasteiger partial charge in [-0.2, -0.15) is 0 Å². The van der Waals surface area contributed by atoms with Crippen molar-refractivity contribution in [3.63, 3.8) is 0 Å². The number of non-ortho nitro benzene ring substituents is 1. The molecule has 0 saturated carbocycles. The molecular formula is C21H15N5O3. The number of nitro benzene ring substituents is 1. The highest BCUT2D eigenvalue weighted by Crippen LogP contribution is 2.20. The highest BCUT2D eigenvalue weighted by Gasteiger charge is 2.07. The van der Waals surface area contributed by atoms with Crippen LogP contribution in [0.1, 0.15) is 5.56 Å². The molecule has 8 nitrogen and oxygen atoms in total. The molecule has 0 aliphatic carbocycles. The van der Waals surface area contributed by atoms with E-state index in [0.29, 0.717) is 24.0 Å². The molecule has 8 heteroatoms. The summed E-state index contributed by atoms with van der Waals surface area (Å²) < 4.78 is 5.66. The lowest BCUT2D eigenvalue weighted by molar-refractivity contribution is -0.384. The molecule has 0 aliphatic heterocycles. The Morgan fingerprint density at radius 3 is 1.83 bits per heavy atom. The van der Waals surface area contributed by atoms with Gasteiger partial charge in [0.15, 0.2) is 0 Å². The predicted molar refractivity (Wildman–Crippen MR) is 106 cm³/mol. The second kappa shape index (κ2) is 8.22. The Labute approximate surface area is 166 Å². The first-order chi connectivity index (χ1) is 14.2. The number of ether oxygens (including phenoxy) is 1.